The number of thioether (sulfide) groups is 1. The topological polar surface area (TPSA) is 87.1 Å². The molecule has 0 spiro atoms. The van der Waals surface area contributed by atoms with Crippen molar-refractivity contribution < 1.29 is 26.8 Å². The minimum atomic E-state index is -4.66. The van der Waals surface area contributed by atoms with Crippen LogP contribution >= 0.6 is 11.8 Å². The molecular formula is C17H17F3N4O3S. The van der Waals surface area contributed by atoms with Crippen molar-refractivity contribution in [3.05, 3.63) is 35.0 Å². The summed E-state index contributed by atoms with van der Waals surface area (Å²) in [6, 6.07) is 3.50. The van der Waals surface area contributed by atoms with E-state index in [1.807, 2.05) is 13.8 Å². The fourth-order valence-corrected chi connectivity index (χ4v) is 3.53. The molecule has 3 rings (SSSR count). The minimum Gasteiger partial charge on any atom is -0.449 e. The first kappa shape index (κ1) is 20.2. The van der Waals surface area contributed by atoms with Gasteiger partial charge >= 0.3 is 18.1 Å². The zero-order valence-corrected chi connectivity index (χ0v) is 16.1. The van der Waals surface area contributed by atoms with E-state index in [-0.39, 0.29) is 11.9 Å². The van der Waals surface area contributed by atoms with Crippen LogP contribution in [0, 0.1) is 20.8 Å². The standard InChI is InChI=1S/C17H17F3N4O3S/c1-9-7-12(14-21-15(27-24-14)17(18,19)20)8-10(2)13(9)28-6-4-5-25-16-23-22-11(3)26-16/h7-8H,4-6H2,1-3H3. The van der Waals surface area contributed by atoms with Gasteiger partial charge in [0, 0.05) is 23.1 Å². The Bertz CT molecular complexity index is 932. The van der Waals surface area contributed by atoms with Gasteiger partial charge < -0.3 is 13.7 Å². The van der Waals surface area contributed by atoms with Crippen molar-refractivity contribution in [2.75, 3.05) is 12.4 Å². The Morgan fingerprint density at radius 3 is 2.39 bits per heavy atom. The first-order valence-corrected chi connectivity index (χ1v) is 9.31. The van der Waals surface area contributed by atoms with Crippen LogP contribution in [0.2, 0.25) is 0 Å². The number of nitrogens with zero attached hydrogens (tertiary/aromatic N) is 4. The van der Waals surface area contributed by atoms with Crippen molar-refractivity contribution in [1.82, 2.24) is 20.3 Å². The Kier molecular flexibility index (Phi) is 5.92. The summed E-state index contributed by atoms with van der Waals surface area (Å²) in [5, 5.41) is 10.9. The summed E-state index contributed by atoms with van der Waals surface area (Å²) in [4.78, 5) is 4.49. The summed E-state index contributed by atoms with van der Waals surface area (Å²) in [7, 11) is 0. The van der Waals surface area contributed by atoms with Crippen LogP contribution in [0.3, 0.4) is 0 Å². The second-order valence-electron chi connectivity index (χ2n) is 6.00. The number of ether oxygens (including phenoxy) is 1. The van der Waals surface area contributed by atoms with Crippen LogP contribution in [-0.2, 0) is 6.18 Å². The number of alkyl halides is 3. The van der Waals surface area contributed by atoms with Crippen molar-refractivity contribution in [3.63, 3.8) is 0 Å². The SMILES string of the molecule is Cc1nnc(OCCCSc2c(C)cc(-c3noc(C(F)(F)F)n3)cc2C)o1. The van der Waals surface area contributed by atoms with Crippen LogP contribution in [0.1, 0.15) is 29.3 Å². The van der Waals surface area contributed by atoms with E-state index in [1.165, 1.54) is 0 Å². The van der Waals surface area contributed by atoms with Crippen LogP contribution in [0.25, 0.3) is 11.4 Å². The molecule has 150 valence electrons. The number of benzene rings is 1. The maximum atomic E-state index is 12.6. The molecule has 0 amide bonds. The Hall–Kier alpha value is -2.56. The number of aryl methyl sites for hydroxylation is 3. The normalized spacial score (nSPS) is 11.8. The highest BCUT2D eigenvalue weighted by Gasteiger charge is 2.38. The number of hydrogen-bond acceptors (Lipinski definition) is 8. The van der Waals surface area contributed by atoms with Gasteiger partial charge in [-0.15, -0.1) is 16.9 Å². The Morgan fingerprint density at radius 1 is 1.11 bits per heavy atom. The average molecular weight is 414 g/mol. The molecule has 7 nitrogen and oxygen atoms in total. The Labute approximate surface area is 162 Å². The van der Waals surface area contributed by atoms with Crippen molar-refractivity contribution in [3.8, 4) is 17.5 Å². The van der Waals surface area contributed by atoms with E-state index in [9.17, 15) is 13.2 Å². The van der Waals surface area contributed by atoms with Crippen LogP contribution in [0.4, 0.5) is 13.2 Å². The summed E-state index contributed by atoms with van der Waals surface area (Å²) < 4.78 is 52.7. The summed E-state index contributed by atoms with van der Waals surface area (Å²) >= 11 is 1.64. The maximum Gasteiger partial charge on any atom is 0.471 e. The van der Waals surface area contributed by atoms with Gasteiger partial charge in [0.2, 0.25) is 11.7 Å². The molecule has 0 unspecified atom stereocenters. The third kappa shape index (κ3) is 4.83. The third-order valence-corrected chi connectivity index (χ3v) is 5.08. The van der Waals surface area contributed by atoms with Gasteiger partial charge in [-0.25, -0.2) is 0 Å². The zero-order chi connectivity index (χ0) is 20.3. The first-order chi connectivity index (χ1) is 13.2. The predicted octanol–water partition coefficient (Wildman–Crippen LogP) is 4.62. The molecule has 3 aromatic rings. The van der Waals surface area contributed by atoms with E-state index in [2.05, 4.69) is 24.9 Å². The van der Waals surface area contributed by atoms with Crippen LogP contribution in [-0.4, -0.2) is 32.7 Å². The van der Waals surface area contributed by atoms with Gasteiger partial charge in [-0.1, -0.05) is 10.3 Å². The monoisotopic (exact) mass is 414 g/mol. The number of hydrogen-bond donors (Lipinski definition) is 0. The summed E-state index contributed by atoms with van der Waals surface area (Å²) in [6.45, 7) is 5.90. The van der Waals surface area contributed by atoms with Crippen molar-refractivity contribution in [1.29, 1.82) is 0 Å². The minimum absolute atomic E-state index is 0.0849. The molecule has 0 saturated heterocycles. The molecule has 0 aliphatic carbocycles. The quantitative estimate of drug-likeness (QED) is 0.409. The molecule has 11 heteroatoms. The fourth-order valence-electron chi connectivity index (χ4n) is 2.49. The van der Waals surface area contributed by atoms with Crippen LogP contribution < -0.4 is 4.74 Å². The molecule has 0 N–H and O–H groups in total. The van der Waals surface area contributed by atoms with Gasteiger partial charge in [-0.2, -0.15) is 18.2 Å². The van der Waals surface area contributed by atoms with E-state index in [4.69, 9.17) is 9.15 Å². The Balaban J connectivity index is 1.59. The third-order valence-electron chi connectivity index (χ3n) is 3.66. The molecule has 2 heterocycles. The van der Waals surface area contributed by atoms with Crippen molar-refractivity contribution >= 4 is 11.8 Å². The molecule has 1 aromatic carbocycles. The molecule has 28 heavy (non-hydrogen) atoms. The van der Waals surface area contributed by atoms with Gasteiger partial charge in [0.1, 0.15) is 0 Å². The van der Waals surface area contributed by atoms with Crippen molar-refractivity contribution in [2.24, 2.45) is 0 Å². The second kappa shape index (κ2) is 8.21. The molecule has 0 aliphatic rings. The first-order valence-electron chi connectivity index (χ1n) is 8.32. The molecule has 0 aliphatic heterocycles. The second-order valence-corrected chi connectivity index (χ2v) is 7.10. The highest BCUT2D eigenvalue weighted by molar-refractivity contribution is 7.99. The number of aromatic nitrogens is 4. The van der Waals surface area contributed by atoms with Gasteiger partial charge in [0.15, 0.2) is 0 Å². The predicted molar refractivity (Wildman–Crippen MR) is 94.1 cm³/mol. The lowest BCUT2D eigenvalue weighted by atomic mass is 10.1. The average Bonchev–Trinajstić information content (AvgIpc) is 3.25. The van der Waals surface area contributed by atoms with E-state index >= 15 is 0 Å². The summed E-state index contributed by atoms with van der Waals surface area (Å²) in [6.07, 6.45) is -3.75. The molecule has 0 radical (unpaired) electrons. The number of rotatable bonds is 7. The molecule has 0 atom stereocenters. The van der Waals surface area contributed by atoms with Crippen LogP contribution in [0.15, 0.2) is 26.0 Å². The van der Waals surface area contributed by atoms with Gasteiger partial charge in [-0.05, 0) is 43.5 Å². The highest BCUT2D eigenvalue weighted by atomic mass is 32.2. The van der Waals surface area contributed by atoms with Gasteiger partial charge in [-0.3, -0.25) is 0 Å². The van der Waals surface area contributed by atoms with Crippen molar-refractivity contribution in [2.45, 2.75) is 38.3 Å². The van der Waals surface area contributed by atoms with E-state index in [0.717, 1.165) is 28.2 Å². The molecular weight excluding hydrogens is 397 g/mol. The van der Waals surface area contributed by atoms with Gasteiger partial charge in [0.05, 0.1) is 6.61 Å². The molecule has 0 fully saturated rings. The molecule has 0 bridgehead atoms. The lowest BCUT2D eigenvalue weighted by Crippen LogP contribution is -2.04. The van der Waals surface area contributed by atoms with E-state index in [0.29, 0.717) is 18.1 Å². The smallest absolute Gasteiger partial charge is 0.449 e. The van der Waals surface area contributed by atoms with Gasteiger partial charge in [0.25, 0.3) is 0 Å². The Morgan fingerprint density at radius 2 is 1.82 bits per heavy atom. The summed E-state index contributed by atoms with van der Waals surface area (Å²) in [5.41, 5.74) is 2.33. The largest absolute Gasteiger partial charge is 0.471 e. The van der Waals surface area contributed by atoms with E-state index in [1.54, 1.807) is 30.8 Å². The summed E-state index contributed by atoms with van der Waals surface area (Å²) in [5.74, 6) is -0.208. The lowest BCUT2D eigenvalue weighted by Gasteiger charge is -2.11. The number of halogens is 3. The fraction of sp³-hybridized carbons (Fsp3) is 0.412. The van der Waals surface area contributed by atoms with Crippen LogP contribution in [0.5, 0.6) is 6.08 Å². The molecule has 0 saturated carbocycles. The highest BCUT2D eigenvalue weighted by Crippen LogP contribution is 2.33. The zero-order valence-electron chi connectivity index (χ0n) is 15.3. The van der Waals surface area contributed by atoms with E-state index < -0.39 is 12.1 Å². The molecule has 2 aromatic heterocycles. The maximum absolute atomic E-state index is 12.6. The lowest BCUT2D eigenvalue weighted by molar-refractivity contribution is -0.159.